The van der Waals surface area contributed by atoms with Gasteiger partial charge in [0, 0.05) is 35.5 Å². The SMILES string of the molecule is Cc1cc(C#N)nc(-c2ccnc3cc(CN4C(=O)C5C(C4=O)C5(C)C)sc23)c1C(=O)NC1CC(F)(F)C1.Cl. The zero-order chi connectivity index (χ0) is 27.1. The largest absolute Gasteiger partial charge is 0.349 e. The smallest absolute Gasteiger partial charge is 0.253 e. The summed E-state index contributed by atoms with van der Waals surface area (Å²) in [6.07, 6.45) is 0.719. The Morgan fingerprint density at radius 1 is 1.23 bits per heavy atom. The van der Waals surface area contributed by atoms with E-state index in [0.29, 0.717) is 21.3 Å². The molecule has 4 heterocycles. The number of piperidine rings is 1. The summed E-state index contributed by atoms with van der Waals surface area (Å²) in [6.45, 7) is 5.67. The first-order chi connectivity index (χ1) is 17.9. The van der Waals surface area contributed by atoms with E-state index in [1.807, 2.05) is 19.9 Å². The van der Waals surface area contributed by atoms with Gasteiger partial charge >= 0.3 is 0 Å². The number of alkyl halides is 2. The number of halogens is 3. The third-order valence-electron chi connectivity index (χ3n) is 7.91. The number of fused-ring (bicyclic) bond motifs is 2. The fraction of sp³-hybridized carbons (Fsp3) is 0.407. The topological polar surface area (TPSA) is 116 Å². The van der Waals surface area contributed by atoms with E-state index in [0.717, 1.165) is 4.88 Å². The Balaban J connectivity index is 0.00000308. The molecule has 3 aromatic rings. The number of amides is 3. The number of thiophene rings is 1. The number of carbonyl (C=O) groups is 3. The lowest BCUT2D eigenvalue weighted by Gasteiger charge is -2.35. The van der Waals surface area contributed by atoms with Gasteiger partial charge in [0.05, 0.1) is 39.9 Å². The standard InChI is InChI=1S/C27H23F2N5O3S.ClH/c1-12-6-13(10-30)32-21(18(12)23(35)33-14-8-27(28,29)9-14)16-4-5-31-17-7-15(38-22(16)17)11-34-24(36)19-20(25(34)37)26(19,2)3;/h4-7,14,19-20H,8-9,11H2,1-3H3,(H,33,35);1H. The third-order valence-corrected chi connectivity index (χ3v) is 9.05. The number of rotatable bonds is 5. The van der Waals surface area contributed by atoms with E-state index < -0.39 is 30.7 Å². The number of hydrogen-bond acceptors (Lipinski definition) is 7. The lowest BCUT2D eigenvalue weighted by molar-refractivity contribution is -0.143. The van der Waals surface area contributed by atoms with Crippen molar-refractivity contribution in [2.45, 2.75) is 52.1 Å². The molecule has 202 valence electrons. The van der Waals surface area contributed by atoms with E-state index in [1.54, 1.807) is 25.3 Å². The molecule has 6 rings (SSSR count). The maximum absolute atomic E-state index is 13.3. The molecule has 8 nitrogen and oxygen atoms in total. The van der Waals surface area contributed by atoms with Gasteiger partial charge in [-0.15, -0.1) is 23.7 Å². The van der Waals surface area contributed by atoms with Crippen molar-refractivity contribution in [1.29, 1.82) is 5.26 Å². The lowest BCUT2D eigenvalue weighted by Crippen LogP contribution is -2.50. The van der Waals surface area contributed by atoms with Crippen LogP contribution in [0.2, 0.25) is 0 Å². The molecule has 1 N–H and O–H groups in total. The van der Waals surface area contributed by atoms with Gasteiger partial charge in [0.25, 0.3) is 11.8 Å². The number of nitrogens with zero attached hydrogens (tertiary/aromatic N) is 4. The van der Waals surface area contributed by atoms with Gasteiger partial charge in [-0.25, -0.2) is 13.8 Å². The minimum Gasteiger partial charge on any atom is -0.349 e. The number of imide groups is 1. The molecule has 0 aromatic carbocycles. The van der Waals surface area contributed by atoms with Crippen molar-refractivity contribution < 1.29 is 23.2 Å². The van der Waals surface area contributed by atoms with E-state index in [4.69, 9.17) is 0 Å². The Morgan fingerprint density at radius 2 is 1.90 bits per heavy atom. The Labute approximate surface area is 232 Å². The van der Waals surface area contributed by atoms with Crippen molar-refractivity contribution in [3.8, 4) is 17.3 Å². The molecule has 0 bridgehead atoms. The summed E-state index contributed by atoms with van der Waals surface area (Å²) in [5.41, 5.74) is 1.92. The molecule has 39 heavy (non-hydrogen) atoms. The summed E-state index contributed by atoms with van der Waals surface area (Å²) < 4.78 is 27.4. The molecule has 2 atom stereocenters. The van der Waals surface area contributed by atoms with Gasteiger partial charge in [-0.05, 0) is 36.1 Å². The Kier molecular flexibility index (Phi) is 6.27. The average molecular weight is 572 g/mol. The van der Waals surface area contributed by atoms with E-state index in [-0.39, 0.29) is 65.0 Å². The number of hydrogen-bond donors (Lipinski definition) is 1. The second-order valence-corrected chi connectivity index (χ2v) is 12.1. The molecule has 3 aliphatic rings. The normalized spacial score (nSPS) is 22.6. The number of pyridine rings is 2. The number of aryl methyl sites for hydroxylation is 1. The molecule has 1 saturated heterocycles. The first-order valence-electron chi connectivity index (χ1n) is 12.2. The first-order valence-corrected chi connectivity index (χ1v) is 13.1. The van der Waals surface area contributed by atoms with Crippen molar-refractivity contribution in [1.82, 2.24) is 20.2 Å². The molecule has 3 fully saturated rings. The van der Waals surface area contributed by atoms with Crippen LogP contribution in [0.15, 0.2) is 24.4 Å². The van der Waals surface area contributed by atoms with Crippen LogP contribution in [0.3, 0.4) is 0 Å². The highest BCUT2D eigenvalue weighted by atomic mass is 35.5. The molecule has 2 unspecified atom stereocenters. The molecule has 3 amide bonds. The van der Waals surface area contributed by atoms with Crippen LogP contribution in [0.5, 0.6) is 0 Å². The summed E-state index contributed by atoms with van der Waals surface area (Å²) in [5, 5.41) is 12.2. The van der Waals surface area contributed by atoms with Gasteiger partial charge in [0.1, 0.15) is 11.8 Å². The van der Waals surface area contributed by atoms with E-state index >= 15 is 0 Å². The molecular weight excluding hydrogens is 548 g/mol. The molecule has 12 heteroatoms. The van der Waals surface area contributed by atoms with E-state index in [1.165, 1.54) is 22.3 Å². The Bertz CT molecular complexity index is 1580. The summed E-state index contributed by atoms with van der Waals surface area (Å²) >= 11 is 1.33. The molecule has 0 radical (unpaired) electrons. The fourth-order valence-electron chi connectivity index (χ4n) is 5.80. The summed E-state index contributed by atoms with van der Waals surface area (Å²) in [4.78, 5) is 49.8. The zero-order valence-electron chi connectivity index (χ0n) is 21.2. The average Bonchev–Trinajstić information content (AvgIpc) is 3.08. The van der Waals surface area contributed by atoms with Crippen molar-refractivity contribution in [2.24, 2.45) is 17.3 Å². The number of nitriles is 1. The number of aromatic nitrogens is 2. The van der Waals surface area contributed by atoms with Crippen LogP contribution in [-0.2, 0) is 16.1 Å². The van der Waals surface area contributed by atoms with E-state index in [2.05, 4.69) is 15.3 Å². The highest BCUT2D eigenvalue weighted by Crippen LogP contribution is 2.63. The second-order valence-electron chi connectivity index (χ2n) is 10.9. The van der Waals surface area contributed by atoms with Gasteiger partial charge in [-0.2, -0.15) is 5.26 Å². The van der Waals surface area contributed by atoms with Crippen LogP contribution >= 0.6 is 23.7 Å². The highest BCUT2D eigenvalue weighted by Gasteiger charge is 2.72. The van der Waals surface area contributed by atoms with Gasteiger partial charge in [-0.3, -0.25) is 24.3 Å². The molecule has 3 aromatic heterocycles. The first kappa shape index (κ1) is 27.1. The fourth-order valence-corrected chi connectivity index (χ4v) is 6.92. The molecule has 1 aliphatic heterocycles. The van der Waals surface area contributed by atoms with Crippen LogP contribution in [0.4, 0.5) is 8.78 Å². The summed E-state index contributed by atoms with van der Waals surface area (Å²) in [5.74, 6) is -4.17. The second kappa shape index (κ2) is 9.03. The maximum Gasteiger partial charge on any atom is 0.253 e. The van der Waals surface area contributed by atoms with Crippen molar-refractivity contribution in [3.63, 3.8) is 0 Å². The van der Waals surface area contributed by atoms with Crippen molar-refractivity contribution >= 4 is 51.7 Å². The van der Waals surface area contributed by atoms with Crippen molar-refractivity contribution in [3.05, 3.63) is 46.1 Å². The quantitative estimate of drug-likeness (QED) is 0.446. The van der Waals surface area contributed by atoms with Gasteiger partial charge < -0.3 is 5.32 Å². The molecule has 0 spiro atoms. The van der Waals surface area contributed by atoms with Gasteiger partial charge in [0.15, 0.2) is 0 Å². The Morgan fingerprint density at radius 3 is 2.51 bits per heavy atom. The van der Waals surface area contributed by atoms with Crippen LogP contribution in [-0.4, -0.2) is 44.6 Å². The summed E-state index contributed by atoms with van der Waals surface area (Å²) in [7, 11) is 0. The van der Waals surface area contributed by atoms with Crippen molar-refractivity contribution in [2.75, 3.05) is 0 Å². The summed E-state index contributed by atoms with van der Waals surface area (Å²) in [6, 6.07) is 6.34. The molecule has 2 aliphatic carbocycles. The molecular formula is C27H24ClF2N5O3S. The van der Waals surface area contributed by atoms with E-state index in [9.17, 15) is 28.4 Å². The number of carbonyl (C=O) groups excluding carboxylic acids is 3. The highest BCUT2D eigenvalue weighted by molar-refractivity contribution is 7.19. The molecule has 2 saturated carbocycles. The van der Waals surface area contributed by atoms with Crippen LogP contribution in [0, 0.1) is 35.5 Å². The predicted octanol–water partition coefficient (Wildman–Crippen LogP) is 4.63. The number of likely N-dealkylation sites (tertiary alicyclic amines) is 1. The minimum atomic E-state index is -2.78. The monoisotopic (exact) mass is 571 g/mol. The van der Waals surface area contributed by atoms with Gasteiger partial charge in [0.2, 0.25) is 11.8 Å². The minimum absolute atomic E-state index is 0. The van der Waals surface area contributed by atoms with Crippen LogP contribution in [0.1, 0.15) is 53.2 Å². The van der Waals surface area contributed by atoms with Crippen LogP contribution < -0.4 is 5.32 Å². The van der Waals surface area contributed by atoms with Crippen LogP contribution in [0.25, 0.3) is 21.5 Å². The zero-order valence-corrected chi connectivity index (χ0v) is 22.9. The van der Waals surface area contributed by atoms with Gasteiger partial charge in [-0.1, -0.05) is 13.8 Å². The third kappa shape index (κ3) is 4.26. The number of nitrogens with one attached hydrogen (secondary N) is 1. The maximum atomic E-state index is 13.3. The predicted molar refractivity (Wildman–Crippen MR) is 141 cm³/mol. The Hall–Kier alpha value is -3.49. The lowest BCUT2D eigenvalue weighted by atomic mass is 9.87.